The fraction of sp³-hybridized carbons (Fsp3) is 0.150. The van der Waals surface area contributed by atoms with Crippen molar-refractivity contribution >= 4 is 183 Å². The molecule has 0 saturated carbocycles. The molecule has 522 valence electrons. The second-order valence-corrected chi connectivity index (χ2v) is 30.9. The van der Waals surface area contributed by atoms with Crippen molar-refractivity contribution in [3.63, 3.8) is 0 Å². The Morgan fingerprint density at radius 1 is 0.276 bits per heavy atom. The number of para-hydroxylation sites is 3. The van der Waals surface area contributed by atoms with Crippen LogP contribution in [0, 0.1) is 41.5 Å². The Bertz CT molecular complexity index is 6010. The summed E-state index contributed by atoms with van der Waals surface area (Å²) >= 11 is 91.1. The molecule has 0 spiro atoms. The first kappa shape index (κ1) is 74.7. The number of hydrogen-bond acceptors (Lipinski definition) is 10. The van der Waals surface area contributed by atoms with Gasteiger partial charge in [0.05, 0.1) is 63.5 Å². The molecule has 0 unspecified atom stereocenters. The molecule has 0 amide bonds. The Labute approximate surface area is 676 Å². The maximum atomic E-state index is 7.94. The van der Waals surface area contributed by atoms with E-state index in [0.717, 1.165) is 55.6 Å². The zero-order valence-electron chi connectivity index (χ0n) is 57.2. The van der Waals surface area contributed by atoms with Crippen LogP contribution in [-0.4, -0.2) is 29.9 Å². The van der Waals surface area contributed by atoms with Gasteiger partial charge < -0.3 is 48.9 Å². The van der Waals surface area contributed by atoms with Gasteiger partial charge in [0.2, 0.25) is 0 Å². The van der Waals surface area contributed by atoms with Crippen LogP contribution in [-0.2, 0) is 30.3 Å². The maximum absolute atomic E-state index is 7.94. The van der Waals surface area contributed by atoms with E-state index in [1.165, 1.54) is 0 Å². The van der Waals surface area contributed by atoms with E-state index in [1.807, 2.05) is 145 Å². The molecule has 2 aliphatic rings. The molecule has 13 aromatic rings. The molecule has 25 heteroatoms. The molecule has 0 N–H and O–H groups in total. The van der Waals surface area contributed by atoms with Crippen molar-refractivity contribution in [2.24, 2.45) is 0 Å². The number of aryl methyl sites for hydroxylation is 6. The summed E-state index contributed by atoms with van der Waals surface area (Å²) in [5, 5.41) is -0.785. The topological polar surface area (TPSA) is 142 Å². The average Bonchev–Trinajstić information content (AvgIpc) is 1.59. The van der Waals surface area contributed by atoms with Gasteiger partial charge in [0.15, 0.2) is 23.0 Å². The number of hydrogen-bond donors (Lipinski definition) is 0. The first-order valence-corrected chi connectivity index (χ1v) is 36.8. The second kappa shape index (κ2) is 28.5. The Morgan fingerprint density at radius 3 is 0.924 bits per heavy atom. The summed E-state index contributed by atoms with van der Waals surface area (Å²) in [6, 6.07) is 43.4. The third-order valence-electron chi connectivity index (χ3n) is 19.0. The quantitative estimate of drug-likeness (QED) is 0.0849. The molecule has 15 rings (SSSR count). The smallest absolute Gasteiger partial charge is 0.454 e. The standard InChI is InChI=1S/C80H52Cl12N8O4.Zn/c1-33-20-17-21-34(2)64(33)102-68-57(86)49-45(53(82)61(68)90)72-93-71-44-48(56(85)67(60(89)52(44)81)101-43-31-30-41(79(7,8)39-26-13-11-14-27-39)32-42(43)80(9,10)40-28-15-12-16-29-40)75(94-71)100-78-51-47(55(84)63(92)70(59(51)88)104-66-37(5)24-19-25-38(66)6)74(99-78)98-77-50-46(73(97-77)96-76(49)95-72)54(83)62(91)69(58(50)87)103-65-35(3)22-18-23-36(65)4;/h11-32H,1-10H3;/q-2;+2. The van der Waals surface area contributed by atoms with E-state index in [9.17, 15) is 0 Å². The van der Waals surface area contributed by atoms with Gasteiger partial charge in [0.1, 0.15) is 43.1 Å². The Hall–Kier alpha value is -7.14. The van der Waals surface area contributed by atoms with Gasteiger partial charge in [-0.25, -0.2) is 9.97 Å². The first-order valence-electron chi connectivity index (χ1n) is 32.3. The third kappa shape index (κ3) is 12.5. The number of rotatable bonds is 12. The first-order chi connectivity index (χ1) is 49.6. The largest absolute Gasteiger partial charge is 2.00 e. The summed E-state index contributed by atoms with van der Waals surface area (Å²) in [6.07, 6.45) is 0. The molecular formula is C80H52Cl12N8O4Zn. The van der Waals surface area contributed by atoms with Crippen LogP contribution in [0.15, 0.2) is 133 Å². The van der Waals surface area contributed by atoms with Gasteiger partial charge in [-0.15, -0.1) is 0 Å². The number of nitrogens with zero attached hydrogens (tertiary/aromatic N) is 8. The van der Waals surface area contributed by atoms with E-state index in [-0.39, 0.29) is 192 Å². The molecule has 10 aromatic carbocycles. The SMILES string of the molecule is Cc1cccc(C)c1Oc1c(Cl)c(Cl)c2c(c1Cl)-c1nc-2nc2[n-]c(nc3nc(nc4[n-]c(n1)c1c(Cl)c(Cl)c(Oc5c(C)cccc5C)c(Cl)c41)-c1c(Cl)c(Cl)c(Oc4c(C)cccc4C)c(Cl)c1-3)c1c(Cl)c(Oc3ccc(C(C)(C)c4ccccc4)cc3C(C)(C)c3ccccc3)c(Cl)c(Cl)c21.[Zn+2]. The fourth-order valence-corrected chi connectivity index (χ4v) is 16.7. The van der Waals surface area contributed by atoms with Gasteiger partial charge >= 0.3 is 19.5 Å². The van der Waals surface area contributed by atoms with Gasteiger partial charge in [-0.1, -0.05) is 294 Å². The molecule has 8 bridgehead atoms. The molecule has 0 saturated heterocycles. The van der Waals surface area contributed by atoms with Gasteiger partial charge in [-0.2, -0.15) is 0 Å². The van der Waals surface area contributed by atoms with Crippen LogP contribution in [0.3, 0.4) is 0 Å². The second-order valence-electron chi connectivity index (χ2n) is 26.3. The summed E-state index contributed by atoms with van der Waals surface area (Å²) in [6.45, 7) is 19.9. The Morgan fingerprint density at radius 2 is 0.571 bits per heavy atom. The zero-order chi connectivity index (χ0) is 73.6. The average molecular weight is 1680 g/mol. The van der Waals surface area contributed by atoms with Crippen LogP contribution in [0.1, 0.15) is 83.3 Å². The van der Waals surface area contributed by atoms with E-state index in [4.69, 9.17) is 198 Å². The van der Waals surface area contributed by atoms with Gasteiger partial charge in [0, 0.05) is 82.8 Å². The van der Waals surface area contributed by atoms with Crippen LogP contribution in [0.5, 0.6) is 46.0 Å². The molecule has 12 nitrogen and oxygen atoms in total. The number of benzene rings is 10. The molecule has 0 atom stereocenters. The van der Waals surface area contributed by atoms with Crippen molar-refractivity contribution in [3.05, 3.63) is 249 Å². The summed E-state index contributed by atoms with van der Waals surface area (Å²) in [4.78, 5) is 41.4. The zero-order valence-corrected chi connectivity index (χ0v) is 69.2. The molecule has 0 aliphatic carbocycles. The van der Waals surface area contributed by atoms with E-state index in [2.05, 4.69) is 58.0 Å². The van der Waals surface area contributed by atoms with Crippen LogP contribution < -0.4 is 28.9 Å². The van der Waals surface area contributed by atoms with Crippen LogP contribution >= 0.6 is 139 Å². The minimum absolute atomic E-state index is 0. The molecule has 0 radical (unpaired) electrons. The Balaban J connectivity index is 0.00000928. The predicted octanol–water partition coefficient (Wildman–Crippen LogP) is 27.6. The summed E-state index contributed by atoms with van der Waals surface area (Å²) in [5.74, 6) is 1.10. The number of fused-ring (bicyclic) bond motifs is 20. The van der Waals surface area contributed by atoms with Crippen LogP contribution in [0.25, 0.3) is 89.7 Å². The van der Waals surface area contributed by atoms with Crippen molar-refractivity contribution in [2.75, 3.05) is 0 Å². The van der Waals surface area contributed by atoms with E-state index >= 15 is 0 Å². The van der Waals surface area contributed by atoms with Crippen molar-refractivity contribution in [3.8, 4) is 91.5 Å². The van der Waals surface area contributed by atoms with E-state index in [0.29, 0.717) is 23.0 Å². The summed E-state index contributed by atoms with van der Waals surface area (Å²) < 4.78 is 27.2. The fourth-order valence-electron chi connectivity index (χ4n) is 13.3. The number of aromatic nitrogens is 8. The minimum atomic E-state index is -0.703. The van der Waals surface area contributed by atoms with Gasteiger partial charge in [-0.3, -0.25) is 0 Å². The predicted molar refractivity (Wildman–Crippen MR) is 426 cm³/mol. The van der Waals surface area contributed by atoms with Gasteiger partial charge in [0.25, 0.3) is 0 Å². The van der Waals surface area contributed by atoms with Crippen LogP contribution in [0.2, 0.25) is 60.3 Å². The monoisotopic (exact) mass is 1670 g/mol. The molecule has 0 fully saturated rings. The van der Waals surface area contributed by atoms with Crippen molar-refractivity contribution < 1.29 is 38.4 Å². The third-order valence-corrected chi connectivity index (χ3v) is 23.8. The maximum Gasteiger partial charge on any atom is 2.00 e. The summed E-state index contributed by atoms with van der Waals surface area (Å²) in [7, 11) is 0. The minimum Gasteiger partial charge on any atom is -0.454 e. The Kier molecular flexibility index (Phi) is 20.2. The summed E-state index contributed by atoms with van der Waals surface area (Å²) in [5.41, 5.74) is 7.17. The van der Waals surface area contributed by atoms with Gasteiger partial charge in [-0.05, 0) is 97.7 Å². The molecule has 5 heterocycles. The van der Waals surface area contributed by atoms with E-state index in [1.54, 1.807) is 0 Å². The van der Waals surface area contributed by atoms with Crippen molar-refractivity contribution in [2.45, 2.75) is 80.1 Å². The molecular weight excluding hydrogens is 1630 g/mol. The van der Waals surface area contributed by atoms with Crippen molar-refractivity contribution in [1.82, 2.24) is 39.9 Å². The van der Waals surface area contributed by atoms with Crippen LogP contribution in [0.4, 0.5) is 0 Å². The number of halogens is 12. The van der Waals surface area contributed by atoms with E-state index < -0.39 is 10.8 Å². The molecule has 3 aromatic heterocycles. The molecule has 2 aliphatic heterocycles. The van der Waals surface area contributed by atoms with Crippen molar-refractivity contribution in [1.29, 1.82) is 0 Å². The molecule has 105 heavy (non-hydrogen) atoms. The number of ether oxygens (including phenoxy) is 4. The normalized spacial score (nSPS) is 12.0.